The first-order chi connectivity index (χ1) is 7.11. The lowest BCUT2D eigenvalue weighted by atomic mass is 9.91. The molecule has 1 rings (SSSR count). The smallest absolute Gasteiger partial charge is 0.242 e. The average Bonchev–Trinajstić information content (AvgIpc) is 2.12. The van der Waals surface area contributed by atoms with Crippen LogP contribution in [0.1, 0.15) is 34.6 Å². The number of likely N-dealkylation sites (N-methyl/N-ethyl adjacent to an activating group) is 1. The first-order valence-corrected chi connectivity index (χ1v) is 5.76. The van der Waals surface area contributed by atoms with Crippen LogP contribution in [-0.4, -0.2) is 58.1 Å². The number of aliphatic hydroxyl groups excluding tert-OH is 1. The maximum absolute atomic E-state index is 12.2. The Morgan fingerprint density at radius 1 is 1.44 bits per heavy atom. The molecule has 0 radical (unpaired) electrons. The highest BCUT2D eigenvalue weighted by molar-refractivity contribution is 5.83. The Kier molecular flexibility index (Phi) is 3.37. The highest BCUT2D eigenvalue weighted by Crippen LogP contribution is 2.29. The predicted octanol–water partition coefficient (Wildman–Crippen LogP) is 0.698. The molecule has 4 nitrogen and oxygen atoms in total. The Morgan fingerprint density at radius 3 is 2.31 bits per heavy atom. The topological polar surface area (TPSA) is 43.8 Å². The molecule has 1 unspecified atom stereocenters. The standard InChI is InChI=1S/C12H24N2O2/c1-11(2,3)14-8-12(4,5)13(6)10(16)9(14)7-15/h9,15H,7-8H2,1-6H3. The molecule has 0 spiro atoms. The Balaban J connectivity index is 3.05. The molecule has 16 heavy (non-hydrogen) atoms. The summed E-state index contributed by atoms with van der Waals surface area (Å²) >= 11 is 0. The number of rotatable bonds is 1. The summed E-state index contributed by atoms with van der Waals surface area (Å²) in [5.41, 5.74) is -0.294. The highest BCUT2D eigenvalue weighted by Gasteiger charge is 2.45. The molecule has 1 saturated heterocycles. The number of aliphatic hydroxyl groups is 1. The summed E-state index contributed by atoms with van der Waals surface area (Å²) in [7, 11) is 1.81. The monoisotopic (exact) mass is 228 g/mol. The average molecular weight is 228 g/mol. The van der Waals surface area contributed by atoms with Gasteiger partial charge in [-0.05, 0) is 34.6 Å². The third kappa shape index (κ3) is 2.23. The van der Waals surface area contributed by atoms with Crippen molar-refractivity contribution in [3.05, 3.63) is 0 Å². The van der Waals surface area contributed by atoms with Crippen molar-refractivity contribution in [1.82, 2.24) is 9.80 Å². The van der Waals surface area contributed by atoms with Crippen molar-refractivity contribution in [2.75, 3.05) is 20.2 Å². The predicted molar refractivity (Wildman–Crippen MR) is 64.2 cm³/mol. The molecule has 1 fully saturated rings. The van der Waals surface area contributed by atoms with Crippen molar-refractivity contribution in [3.63, 3.8) is 0 Å². The Hall–Kier alpha value is -0.610. The van der Waals surface area contributed by atoms with Gasteiger partial charge >= 0.3 is 0 Å². The normalized spacial score (nSPS) is 27.3. The molecule has 1 aliphatic heterocycles. The van der Waals surface area contributed by atoms with Gasteiger partial charge in [0, 0.05) is 24.7 Å². The number of piperazine rings is 1. The Labute approximate surface area is 98.2 Å². The van der Waals surface area contributed by atoms with Crippen LogP contribution in [0.3, 0.4) is 0 Å². The molecule has 94 valence electrons. The molecule has 0 aliphatic carbocycles. The van der Waals surface area contributed by atoms with E-state index in [9.17, 15) is 9.90 Å². The van der Waals surface area contributed by atoms with Crippen molar-refractivity contribution in [2.45, 2.75) is 51.7 Å². The van der Waals surface area contributed by atoms with Gasteiger partial charge in [0.1, 0.15) is 6.04 Å². The second-order valence-electron chi connectivity index (χ2n) is 6.21. The van der Waals surface area contributed by atoms with Crippen LogP contribution in [0, 0.1) is 0 Å². The largest absolute Gasteiger partial charge is 0.394 e. The lowest BCUT2D eigenvalue weighted by Gasteiger charge is -2.53. The van der Waals surface area contributed by atoms with E-state index in [1.807, 2.05) is 7.05 Å². The minimum Gasteiger partial charge on any atom is -0.394 e. The SMILES string of the molecule is CN1C(=O)C(CO)N(C(C)(C)C)CC1(C)C. The van der Waals surface area contributed by atoms with Gasteiger partial charge in [-0.15, -0.1) is 0 Å². The van der Waals surface area contributed by atoms with Crippen molar-refractivity contribution < 1.29 is 9.90 Å². The van der Waals surface area contributed by atoms with Crippen LogP contribution in [0.15, 0.2) is 0 Å². The van der Waals surface area contributed by atoms with Gasteiger partial charge in [0.25, 0.3) is 0 Å². The summed E-state index contributed by atoms with van der Waals surface area (Å²) in [5, 5.41) is 9.39. The van der Waals surface area contributed by atoms with Crippen molar-refractivity contribution in [2.24, 2.45) is 0 Å². The maximum Gasteiger partial charge on any atom is 0.242 e. The van der Waals surface area contributed by atoms with E-state index in [1.54, 1.807) is 4.90 Å². The zero-order chi connectivity index (χ0) is 12.7. The van der Waals surface area contributed by atoms with Crippen LogP contribution < -0.4 is 0 Å². The number of hydrogen-bond donors (Lipinski definition) is 1. The Bertz CT molecular complexity index is 281. The number of nitrogens with zero attached hydrogens (tertiary/aromatic N) is 2. The van der Waals surface area contributed by atoms with Crippen LogP contribution in [0.4, 0.5) is 0 Å². The fourth-order valence-electron chi connectivity index (χ4n) is 2.17. The van der Waals surface area contributed by atoms with Crippen LogP contribution in [-0.2, 0) is 4.79 Å². The Morgan fingerprint density at radius 2 is 1.94 bits per heavy atom. The van der Waals surface area contributed by atoms with Crippen LogP contribution in [0.5, 0.6) is 0 Å². The minimum absolute atomic E-state index is 0.00803. The molecule has 0 aromatic rings. The summed E-state index contributed by atoms with van der Waals surface area (Å²) in [6.07, 6.45) is 0. The second-order valence-corrected chi connectivity index (χ2v) is 6.21. The molecule has 0 saturated carbocycles. The third-order valence-electron chi connectivity index (χ3n) is 3.49. The molecule has 0 aromatic heterocycles. The van der Waals surface area contributed by atoms with E-state index in [-0.39, 0.29) is 23.6 Å². The van der Waals surface area contributed by atoms with Crippen LogP contribution >= 0.6 is 0 Å². The van der Waals surface area contributed by atoms with Crippen LogP contribution in [0.25, 0.3) is 0 Å². The lowest BCUT2D eigenvalue weighted by Crippen LogP contribution is -2.69. The van der Waals surface area contributed by atoms with Gasteiger partial charge in [-0.25, -0.2) is 0 Å². The summed E-state index contributed by atoms with van der Waals surface area (Å²) in [6, 6.07) is -0.405. The zero-order valence-corrected chi connectivity index (χ0v) is 11.2. The van der Waals surface area contributed by atoms with E-state index in [0.717, 1.165) is 6.54 Å². The van der Waals surface area contributed by atoms with Crippen molar-refractivity contribution >= 4 is 5.91 Å². The van der Waals surface area contributed by atoms with E-state index in [0.29, 0.717) is 0 Å². The van der Waals surface area contributed by atoms with E-state index in [2.05, 4.69) is 39.5 Å². The molecular formula is C12H24N2O2. The molecule has 1 amide bonds. The van der Waals surface area contributed by atoms with Gasteiger partial charge in [-0.3, -0.25) is 9.69 Å². The van der Waals surface area contributed by atoms with Gasteiger partial charge < -0.3 is 10.0 Å². The molecule has 1 atom stereocenters. The minimum atomic E-state index is -0.405. The highest BCUT2D eigenvalue weighted by atomic mass is 16.3. The van der Waals surface area contributed by atoms with E-state index < -0.39 is 6.04 Å². The number of carbonyl (C=O) groups excluding carboxylic acids is 1. The number of amides is 1. The quantitative estimate of drug-likeness (QED) is 0.718. The number of hydrogen-bond acceptors (Lipinski definition) is 3. The summed E-state index contributed by atoms with van der Waals surface area (Å²) in [4.78, 5) is 16.0. The van der Waals surface area contributed by atoms with Gasteiger partial charge in [0.05, 0.1) is 6.61 Å². The molecule has 0 aromatic carbocycles. The van der Waals surface area contributed by atoms with Crippen LogP contribution in [0.2, 0.25) is 0 Å². The molecule has 4 heteroatoms. The van der Waals surface area contributed by atoms with Gasteiger partial charge in [0.2, 0.25) is 5.91 Å². The van der Waals surface area contributed by atoms with Gasteiger partial charge in [-0.1, -0.05) is 0 Å². The zero-order valence-electron chi connectivity index (χ0n) is 11.2. The van der Waals surface area contributed by atoms with E-state index >= 15 is 0 Å². The third-order valence-corrected chi connectivity index (χ3v) is 3.49. The second kappa shape index (κ2) is 4.00. The summed E-state index contributed by atoms with van der Waals surface area (Å²) in [6.45, 7) is 11.0. The molecule has 1 N–H and O–H groups in total. The fourth-order valence-corrected chi connectivity index (χ4v) is 2.17. The number of carbonyl (C=O) groups is 1. The molecule has 1 aliphatic rings. The molecular weight excluding hydrogens is 204 g/mol. The maximum atomic E-state index is 12.2. The molecule has 1 heterocycles. The first kappa shape index (κ1) is 13.5. The molecule has 0 bridgehead atoms. The fraction of sp³-hybridized carbons (Fsp3) is 0.917. The lowest BCUT2D eigenvalue weighted by molar-refractivity contribution is -0.156. The van der Waals surface area contributed by atoms with Crippen molar-refractivity contribution in [3.8, 4) is 0 Å². The van der Waals surface area contributed by atoms with E-state index in [4.69, 9.17) is 0 Å². The van der Waals surface area contributed by atoms with Gasteiger partial charge in [0.15, 0.2) is 0 Å². The summed E-state index contributed by atoms with van der Waals surface area (Å²) < 4.78 is 0. The van der Waals surface area contributed by atoms with E-state index in [1.165, 1.54) is 0 Å². The van der Waals surface area contributed by atoms with Crippen molar-refractivity contribution in [1.29, 1.82) is 0 Å². The first-order valence-electron chi connectivity index (χ1n) is 5.76. The van der Waals surface area contributed by atoms with Gasteiger partial charge in [-0.2, -0.15) is 0 Å². The summed E-state index contributed by atoms with van der Waals surface area (Å²) in [5.74, 6) is 0.00803.